The Hall–Kier alpha value is -2.49. The van der Waals surface area contributed by atoms with E-state index < -0.39 is 0 Å². The number of allylic oxidation sites excluding steroid dienone is 4. The molecule has 0 aliphatic heterocycles. The van der Waals surface area contributed by atoms with Crippen molar-refractivity contribution < 1.29 is 19.1 Å². The predicted molar refractivity (Wildman–Crippen MR) is 88.3 cm³/mol. The molecule has 122 valence electrons. The summed E-state index contributed by atoms with van der Waals surface area (Å²) < 4.78 is 5.25. The summed E-state index contributed by atoms with van der Waals surface area (Å²) in [7, 11) is 1.46. The second-order valence-corrected chi connectivity index (χ2v) is 6.79. The van der Waals surface area contributed by atoms with Crippen molar-refractivity contribution in [1.82, 2.24) is 0 Å². The average molecular weight is 322 g/mol. The zero-order chi connectivity index (χ0) is 17.0. The van der Waals surface area contributed by atoms with E-state index in [9.17, 15) is 14.4 Å². The molecule has 0 aromatic heterocycles. The lowest BCUT2D eigenvalue weighted by molar-refractivity contribution is -0.121. The van der Waals surface area contributed by atoms with Crippen LogP contribution in [-0.2, 0) is 4.79 Å². The third-order valence-electron chi connectivity index (χ3n) is 5.41. The van der Waals surface area contributed by atoms with E-state index in [0.717, 1.165) is 12.8 Å². The number of methoxy groups -OCH3 is 1. The Balaban J connectivity index is 1.88. The van der Waals surface area contributed by atoms with E-state index >= 15 is 0 Å². The smallest absolute Gasteiger partial charge is 0.201 e. The van der Waals surface area contributed by atoms with Crippen LogP contribution in [0.1, 0.15) is 46.9 Å². The highest BCUT2D eigenvalue weighted by atomic mass is 16.5. The number of hydrogen-bond donors (Lipinski definition) is 0. The predicted octanol–water partition coefficient (Wildman–Crippen LogP) is 3.32. The normalized spacial score (nSPS) is 25.8. The molecule has 0 radical (unpaired) electrons. The van der Waals surface area contributed by atoms with E-state index in [1.165, 1.54) is 12.7 Å². The molecule has 4 nitrogen and oxygen atoms in total. The third-order valence-corrected chi connectivity index (χ3v) is 5.41. The Bertz CT molecular complexity index is 856. The molecule has 2 unspecified atom stereocenters. The van der Waals surface area contributed by atoms with Gasteiger partial charge in [-0.25, -0.2) is 0 Å². The molecule has 0 amide bonds. The quantitative estimate of drug-likeness (QED) is 0.588. The molecule has 1 aromatic rings. The van der Waals surface area contributed by atoms with Crippen LogP contribution in [0.5, 0.6) is 5.75 Å². The topological polar surface area (TPSA) is 60.4 Å². The van der Waals surface area contributed by atoms with Gasteiger partial charge in [-0.05, 0) is 38.2 Å². The lowest BCUT2D eigenvalue weighted by atomic mass is 9.65. The van der Waals surface area contributed by atoms with Crippen molar-refractivity contribution in [2.45, 2.75) is 26.2 Å². The van der Waals surface area contributed by atoms with Crippen LogP contribution < -0.4 is 4.74 Å². The molecule has 0 fully saturated rings. The second kappa shape index (κ2) is 5.26. The molecule has 4 heteroatoms. The number of benzene rings is 1. The summed E-state index contributed by atoms with van der Waals surface area (Å²) in [5.74, 6) is -0.519. The number of Topliss-reactive ketones (excluding diaryl/α,β-unsaturated/α-hetero) is 3. The second-order valence-electron chi connectivity index (χ2n) is 6.79. The molecule has 0 saturated heterocycles. The molecule has 0 saturated carbocycles. The number of carbonyl (C=O) groups excluding carboxylic acids is 3. The van der Waals surface area contributed by atoms with Crippen LogP contribution in [0.25, 0.3) is 0 Å². The van der Waals surface area contributed by atoms with Crippen LogP contribution in [0.2, 0.25) is 0 Å². The minimum absolute atomic E-state index is 0.0360. The Morgan fingerprint density at radius 1 is 1.12 bits per heavy atom. The molecule has 0 heterocycles. The first-order valence-electron chi connectivity index (χ1n) is 8.24. The number of ether oxygens (including phenoxy) is 1. The van der Waals surface area contributed by atoms with Crippen molar-refractivity contribution >= 4 is 17.3 Å². The maximum absolute atomic E-state index is 13.0. The van der Waals surface area contributed by atoms with Gasteiger partial charge in [0.25, 0.3) is 0 Å². The minimum atomic E-state index is -0.355. The minimum Gasteiger partial charge on any atom is -0.496 e. The van der Waals surface area contributed by atoms with Gasteiger partial charge in [-0.3, -0.25) is 14.4 Å². The van der Waals surface area contributed by atoms with Crippen molar-refractivity contribution in [2.24, 2.45) is 11.8 Å². The van der Waals surface area contributed by atoms with Gasteiger partial charge in [0.1, 0.15) is 5.75 Å². The first kappa shape index (κ1) is 15.1. The molecule has 0 spiro atoms. The summed E-state index contributed by atoms with van der Waals surface area (Å²) in [6, 6.07) is 4.99. The summed E-state index contributed by atoms with van der Waals surface area (Å²) in [5.41, 5.74) is 2.33. The van der Waals surface area contributed by atoms with E-state index in [0.29, 0.717) is 23.3 Å². The lowest BCUT2D eigenvalue weighted by Crippen LogP contribution is -2.39. The molecular formula is C20H18O4. The summed E-state index contributed by atoms with van der Waals surface area (Å²) in [5, 5.41) is 0. The fourth-order valence-corrected chi connectivity index (χ4v) is 4.23. The SMILES string of the molecule is COc1cccc2c1C(=O)C1=C(CC3C=C(C)CCC3C1=O)C2=O. The van der Waals surface area contributed by atoms with E-state index in [1.54, 1.807) is 18.2 Å². The van der Waals surface area contributed by atoms with Crippen molar-refractivity contribution in [2.75, 3.05) is 7.11 Å². The van der Waals surface area contributed by atoms with Crippen LogP contribution in [0.3, 0.4) is 0 Å². The van der Waals surface area contributed by atoms with Crippen LogP contribution in [0.15, 0.2) is 41.0 Å². The first-order valence-corrected chi connectivity index (χ1v) is 8.24. The standard InChI is InChI=1S/C20H18O4/c1-10-6-7-12-11(8-10)9-14-17(19(12)22)20(23)16-13(18(14)21)4-3-5-15(16)24-2/h3-5,8,11-12H,6-7,9H2,1-2H3. The molecule has 4 rings (SSSR count). The van der Waals surface area contributed by atoms with Gasteiger partial charge in [0.05, 0.1) is 18.2 Å². The average Bonchev–Trinajstić information content (AvgIpc) is 2.58. The zero-order valence-corrected chi connectivity index (χ0v) is 13.7. The fourth-order valence-electron chi connectivity index (χ4n) is 4.23. The highest BCUT2D eigenvalue weighted by Crippen LogP contribution is 2.44. The summed E-state index contributed by atoms with van der Waals surface area (Å²) >= 11 is 0. The number of hydrogen-bond acceptors (Lipinski definition) is 4. The number of ketones is 3. The van der Waals surface area contributed by atoms with Gasteiger partial charge < -0.3 is 4.74 Å². The van der Waals surface area contributed by atoms with Gasteiger partial charge in [0, 0.05) is 17.1 Å². The molecule has 0 bridgehead atoms. The molecule has 1 aromatic carbocycles. The monoisotopic (exact) mass is 322 g/mol. The maximum Gasteiger partial charge on any atom is 0.201 e. The largest absolute Gasteiger partial charge is 0.496 e. The Kier molecular flexibility index (Phi) is 3.30. The summed E-state index contributed by atoms with van der Waals surface area (Å²) in [6.07, 6.45) is 4.21. The van der Waals surface area contributed by atoms with E-state index in [-0.39, 0.29) is 40.3 Å². The first-order chi connectivity index (χ1) is 11.5. The van der Waals surface area contributed by atoms with Gasteiger partial charge in [-0.15, -0.1) is 0 Å². The van der Waals surface area contributed by atoms with Crippen LogP contribution in [0, 0.1) is 11.8 Å². The van der Waals surface area contributed by atoms with Crippen molar-refractivity contribution in [3.05, 3.63) is 52.1 Å². The zero-order valence-electron chi connectivity index (χ0n) is 13.7. The molecular weight excluding hydrogens is 304 g/mol. The molecule has 3 aliphatic carbocycles. The summed E-state index contributed by atoms with van der Waals surface area (Å²) in [4.78, 5) is 38.9. The van der Waals surface area contributed by atoms with Gasteiger partial charge in [0.15, 0.2) is 11.6 Å². The van der Waals surface area contributed by atoms with Gasteiger partial charge in [0.2, 0.25) is 5.78 Å². The van der Waals surface area contributed by atoms with Crippen LogP contribution in [0.4, 0.5) is 0 Å². The van der Waals surface area contributed by atoms with Gasteiger partial charge >= 0.3 is 0 Å². The Morgan fingerprint density at radius 3 is 2.67 bits per heavy atom. The van der Waals surface area contributed by atoms with Crippen LogP contribution >= 0.6 is 0 Å². The van der Waals surface area contributed by atoms with Crippen molar-refractivity contribution in [3.63, 3.8) is 0 Å². The van der Waals surface area contributed by atoms with Gasteiger partial charge in [-0.2, -0.15) is 0 Å². The van der Waals surface area contributed by atoms with Crippen molar-refractivity contribution in [3.8, 4) is 5.75 Å². The Labute approximate surface area is 140 Å². The molecule has 24 heavy (non-hydrogen) atoms. The molecule has 0 N–H and O–H groups in total. The molecule has 2 atom stereocenters. The number of rotatable bonds is 1. The van der Waals surface area contributed by atoms with Crippen molar-refractivity contribution in [1.29, 1.82) is 0 Å². The summed E-state index contributed by atoms with van der Waals surface area (Å²) in [6.45, 7) is 2.05. The number of carbonyl (C=O) groups is 3. The fraction of sp³-hybridized carbons (Fsp3) is 0.350. The highest BCUT2D eigenvalue weighted by Gasteiger charge is 2.46. The number of fused-ring (bicyclic) bond motifs is 2. The van der Waals surface area contributed by atoms with E-state index in [1.807, 2.05) is 0 Å². The van der Waals surface area contributed by atoms with Gasteiger partial charge in [-0.1, -0.05) is 23.8 Å². The van der Waals surface area contributed by atoms with E-state index in [4.69, 9.17) is 4.74 Å². The lowest BCUT2D eigenvalue weighted by Gasteiger charge is -2.36. The highest BCUT2D eigenvalue weighted by molar-refractivity contribution is 6.38. The van der Waals surface area contributed by atoms with E-state index in [2.05, 4.69) is 13.0 Å². The maximum atomic E-state index is 13.0. The Morgan fingerprint density at radius 2 is 1.92 bits per heavy atom. The third kappa shape index (κ3) is 1.95. The molecule has 3 aliphatic rings. The van der Waals surface area contributed by atoms with Crippen LogP contribution in [-0.4, -0.2) is 24.5 Å².